The highest BCUT2D eigenvalue weighted by atomic mass is 79.9. The maximum Gasteiger partial charge on any atom is 0.161 e. The molecule has 0 atom stereocenters. The van der Waals surface area contributed by atoms with Crippen LogP contribution in [-0.4, -0.2) is 16.6 Å². The van der Waals surface area contributed by atoms with E-state index in [9.17, 15) is 0 Å². The molecule has 1 heterocycles. The van der Waals surface area contributed by atoms with Crippen LogP contribution in [0.5, 0.6) is 0 Å². The molecule has 1 aromatic heterocycles. The predicted octanol–water partition coefficient (Wildman–Crippen LogP) is 4.12. The fourth-order valence-electron chi connectivity index (χ4n) is 1.56. The Labute approximate surface area is 116 Å². The molecule has 0 radical (unpaired) electrons. The Kier molecular flexibility index (Phi) is 5.35. The fourth-order valence-corrected chi connectivity index (χ4v) is 2.12. The molecule has 1 rings (SSSR count). The molecule has 0 aliphatic carbocycles. The normalized spacial score (nSPS) is 11.9. The maximum absolute atomic E-state index is 6.11. The van der Waals surface area contributed by atoms with E-state index >= 15 is 0 Å². The van der Waals surface area contributed by atoms with Crippen LogP contribution in [-0.2, 0) is 16.8 Å². The molecule has 17 heavy (non-hydrogen) atoms. The van der Waals surface area contributed by atoms with Crippen LogP contribution in [0.2, 0.25) is 5.15 Å². The molecule has 5 heteroatoms. The number of hydrogen-bond donors (Lipinski definition) is 0. The van der Waals surface area contributed by atoms with Gasteiger partial charge in [0.05, 0.1) is 10.2 Å². The first kappa shape index (κ1) is 14.9. The number of rotatable bonds is 5. The summed E-state index contributed by atoms with van der Waals surface area (Å²) in [5.74, 6) is 0.635. The van der Waals surface area contributed by atoms with Crippen LogP contribution in [0.3, 0.4) is 0 Å². The van der Waals surface area contributed by atoms with Crippen LogP contribution < -0.4 is 0 Å². The number of nitrogens with zero attached hydrogens (tertiary/aromatic N) is 2. The minimum absolute atomic E-state index is 0.450. The Hall–Kier alpha value is -0.190. The van der Waals surface area contributed by atoms with Gasteiger partial charge in [-0.05, 0) is 43.1 Å². The highest BCUT2D eigenvalue weighted by Crippen LogP contribution is 2.29. The molecule has 0 N–H and O–H groups in total. The third kappa shape index (κ3) is 3.63. The number of hydrogen-bond acceptors (Lipinski definition) is 3. The van der Waals surface area contributed by atoms with E-state index < -0.39 is 5.60 Å². The van der Waals surface area contributed by atoms with Crippen LogP contribution in [0, 0.1) is 0 Å². The highest BCUT2D eigenvalue weighted by Gasteiger charge is 2.26. The van der Waals surface area contributed by atoms with Gasteiger partial charge in [0.1, 0.15) is 10.8 Å². The van der Waals surface area contributed by atoms with Gasteiger partial charge in [-0.1, -0.05) is 24.9 Å². The van der Waals surface area contributed by atoms with Crippen LogP contribution >= 0.6 is 27.5 Å². The van der Waals surface area contributed by atoms with Gasteiger partial charge in [-0.2, -0.15) is 0 Å². The zero-order valence-corrected chi connectivity index (χ0v) is 13.0. The molecule has 0 aliphatic rings. The second-order valence-corrected chi connectivity index (χ2v) is 5.44. The largest absolute Gasteiger partial charge is 0.368 e. The zero-order chi connectivity index (χ0) is 13.1. The molecule has 0 fully saturated rings. The van der Waals surface area contributed by atoms with E-state index in [1.165, 1.54) is 0 Å². The molecule has 0 saturated heterocycles. The lowest BCUT2D eigenvalue weighted by Crippen LogP contribution is -2.25. The zero-order valence-electron chi connectivity index (χ0n) is 10.7. The predicted molar refractivity (Wildman–Crippen MR) is 73.4 cm³/mol. The van der Waals surface area contributed by atoms with E-state index in [1.807, 2.05) is 20.8 Å². The second kappa shape index (κ2) is 6.12. The van der Waals surface area contributed by atoms with Crippen molar-refractivity contribution in [3.63, 3.8) is 0 Å². The smallest absolute Gasteiger partial charge is 0.161 e. The SMILES string of the molecule is CCCc1nc(C(C)(C)OCC)nc(Cl)c1Br. The molecule has 0 aliphatic heterocycles. The number of halogens is 2. The van der Waals surface area contributed by atoms with Gasteiger partial charge in [0.25, 0.3) is 0 Å². The van der Waals surface area contributed by atoms with Crippen molar-refractivity contribution in [1.29, 1.82) is 0 Å². The molecular formula is C12H18BrClN2O. The summed E-state index contributed by atoms with van der Waals surface area (Å²) in [7, 11) is 0. The number of ether oxygens (including phenoxy) is 1. The third-order valence-corrected chi connectivity index (χ3v) is 3.74. The van der Waals surface area contributed by atoms with E-state index in [4.69, 9.17) is 16.3 Å². The van der Waals surface area contributed by atoms with Gasteiger partial charge in [0.2, 0.25) is 0 Å². The van der Waals surface area contributed by atoms with Gasteiger partial charge >= 0.3 is 0 Å². The molecular weight excluding hydrogens is 304 g/mol. The summed E-state index contributed by atoms with van der Waals surface area (Å²) < 4.78 is 6.43. The molecule has 1 aromatic rings. The molecule has 96 valence electrons. The van der Waals surface area contributed by atoms with Crippen molar-refractivity contribution in [3.05, 3.63) is 21.1 Å². The molecule has 0 spiro atoms. The fraction of sp³-hybridized carbons (Fsp3) is 0.667. The van der Waals surface area contributed by atoms with Gasteiger partial charge in [-0.15, -0.1) is 0 Å². The average molecular weight is 322 g/mol. The van der Waals surface area contributed by atoms with Crippen LogP contribution in [0.4, 0.5) is 0 Å². The second-order valence-electron chi connectivity index (χ2n) is 4.29. The molecule has 0 aromatic carbocycles. The van der Waals surface area contributed by atoms with Crippen molar-refractivity contribution < 1.29 is 4.74 Å². The summed E-state index contributed by atoms with van der Waals surface area (Å²) in [6.45, 7) is 8.58. The lowest BCUT2D eigenvalue weighted by molar-refractivity contribution is -0.0209. The standard InChI is InChI=1S/C12H18BrClN2O/c1-5-7-8-9(13)10(14)16-11(15-8)12(3,4)17-6-2/h5-7H2,1-4H3. The first-order valence-corrected chi connectivity index (χ1v) is 6.95. The maximum atomic E-state index is 6.11. The monoisotopic (exact) mass is 320 g/mol. The van der Waals surface area contributed by atoms with E-state index in [2.05, 4.69) is 32.8 Å². The topological polar surface area (TPSA) is 35.0 Å². The third-order valence-electron chi connectivity index (χ3n) is 2.41. The van der Waals surface area contributed by atoms with Gasteiger partial charge in [0.15, 0.2) is 5.82 Å². The van der Waals surface area contributed by atoms with Gasteiger partial charge in [-0.3, -0.25) is 0 Å². The summed E-state index contributed by atoms with van der Waals surface area (Å²) in [5.41, 5.74) is 0.428. The van der Waals surface area contributed by atoms with E-state index in [-0.39, 0.29) is 0 Å². The summed E-state index contributed by atoms with van der Waals surface area (Å²) >= 11 is 9.53. The van der Waals surface area contributed by atoms with Crippen molar-refractivity contribution >= 4 is 27.5 Å². The summed E-state index contributed by atoms with van der Waals surface area (Å²) in [6, 6.07) is 0. The van der Waals surface area contributed by atoms with Gasteiger partial charge < -0.3 is 4.74 Å². The summed E-state index contributed by atoms with van der Waals surface area (Å²) in [5, 5.41) is 0.450. The Bertz CT molecular complexity index is 396. The first-order chi connectivity index (χ1) is 7.92. The van der Waals surface area contributed by atoms with Crippen molar-refractivity contribution in [3.8, 4) is 0 Å². The number of aryl methyl sites for hydroxylation is 1. The lowest BCUT2D eigenvalue weighted by atomic mass is 10.1. The van der Waals surface area contributed by atoms with Gasteiger partial charge in [0, 0.05) is 6.61 Å². The van der Waals surface area contributed by atoms with E-state index in [0.717, 1.165) is 23.0 Å². The van der Waals surface area contributed by atoms with Crippen molar-refractivity contribution in [2.45, 2.75) is 46.1 Å². The molecule has 0 unspecified atom stereocenters. The number of aromatic nitrogens is 2. The highest BCUT2D eigenvalue weighted by molar-refractivity contribution is 9.10. The molecule has 3 nitrogen and oxygen atoms in total. The van der Waals surface area contributed by atoms with Crippen LogP contribution in [0.15, 0.2) is 4.47 Å². The minimum Gasteiger partial charge on any atom is -0.368 e. The van der Waals surface area contributed by atoms with Crippen molar-refractivity contribution in [1.82, 2.24) is 9.97 Å². The van der Waals surface area contributed by atoms with Crippen LogP contribution in [0.1, 0.15) is 45.6 Å². The quantitative estimate of drug-likeness (QED) is 0.765. The Morgan fingerprint density at radius 3 is 2.47 bits per heavy atom. The van der Waals surface area contributed by atoms with Crippen molar-refractivity contribution in [2.24, 2.45) is 0 Å². The minimum atomic E-state index is -0.512. The Morgan fingerprint density at radius 2 is 1.94 bits per heavy atom. The lowest BCUT2D eigenvalue weighted by Gasteiger charge is -2.23. The summed E-state index contributed by atoms with van der Waals surface area (Å²) in [6.07, 6.45) is 1.89. The Balaban J connectivity index is 3.17. The van der Waals surface area contributed by atoms with Gasteiger partial charge in [-0.25, -0.2) is 9.97 Å². The van der Waals surface area contributed by atoms with E-state index in [0.29, 0.717) is 17.6 Å². The first-order valence-electron chi connectivity index (χ1n) is 5.78. The Morgan fingerprint density at radius 1 is 1.29 bits per heavy atom. The van der Waals surface area contributed by atoms with Crippen molar-refractivity contribution in [2.75, 3.05) is 6.61 Å². The van der Waals surface area contributed by atoms with E-state index in [1.54, 1.807) is 0 Å². The molecule has 0 saturated carbocycles. The molecule has 0 amide bonds. The summed E-state index contributed by atoms with van der Waals surface area (Å²) in [4.78, 5) is 8.83. The molecule has 0 bridgehead atoms. The average Bonchev–Trinajstić information content (AvgIpc) is 2.24. The van der Waals surface area contributed by atoms with Crippen LogP contribution in [0.25, 0.3) is 0 Å².